The predicted octanol–water partition coefficient (Wildman–Crippen LogP) is 1.43. The minimum atomic E-state index is -0.267. The zero-order chi connectivity index (χ0) is 17.8. The minimum Gasteiger partial charge on any atom is -0.480 e. The topological polar surface area (TPSA) is 84.4 Å². The highest BCUT2D eigenvalue weighted by Gasteiger charge is 2.38. The molecule has 130 valence electrons. The lowest BCUT2D eigenvalue weighted by Gasteiger charge is -2.25. The van der Waals surface area contributed by atoms with Gasteiger partial charge in [0.2, 0.25) is 11.8 Å². The second-order valence-electron chi connectivity index (χ2n) is 5.97. The lowest BCUT2D eigenvalue weighted by Crippen LogP contribution is -2.32. The smallest absolute Gasteiger partial charge is 0.256 e. The van der Waals surface area contributed by atoms with Gasteiger partial charge in [-0.2, -0.15) is 0 Å². The van der Waals surface area contributed by atoms with E-state index in [0.717, 1.165) is 5.56 Å². The zero-order valence-corrected chi connectivity index (χ0v) is 14.2. The molecule has 1 aliphatic rings. The van der Waals surface area contributed by atoms with Crippen LogP contribution in [0.2, 0.25) is 0 Å². The SMILES string of the molecule is COc1ncccc1C(=O)NC[C@@H]1CC(=O)N(C)[C@H]1c1cccnc1. The Bertz CT molecular complexity index is 766. The van der Waals surface area contributed by atoms with Crippen LogP contribution in [0.5, 0.6) is 5.88 Å². The van der Waals surface area contributed by atoms with Gasteiger partial charge in [0.1, 0.15) is 5.56 Å². The number of carbonyl (C=O) groups excluding carboxylic acids is 2. The Kier molecular flexibility index (Phi) is 4.92. The maximum atomic E-state index is 12.4. The summed E-state index contributed by atoms with van der Waals surface area (Å²) < 4.78 is 5.12. The normalized spacial score (nSPS) is 19.8. The quantitative estimate of drug-likeness (QED) is 0.890. The van der Waals surface area contributed by atoms with Crippen LogP contribution in [-0.2, 0) is 4.79 Å². The van der Waals surface area contributed by atoms with Gasteiger partial charge in [-0.05, 0) is 23.8 Å². The van der Waals surface area contributed by atoms with E-state index in [1.807, 2.05) is 12.1 Å². The van der Waals surface area contributed by atoms with E-state index in [0.29, 0.717) is 18.5 Å². The Hall–Kier alpha value is -2.96. The van der Waals surface area contributed by atoms with Gasteiger partial charge in [-0.15, -0.1) is 0 Å². The number of pyridine rings is 2. The summed E-state index contributed by atoms with van der Waals surface area (Å²) in [6, 6.07) is 7.04. The highest BCUT2D eigenvalue weighted by atomic mass is 16.5. The average molecular weight is 340 g/mol. The molecular weight excluding hydrogens is 320 g/mol. The maximum absolute atomic E-state index is 12.4. The summed E-state index contributed by atoms with van der Waals surface area (Å²) in [5, 5.41) is 2.90. The molecule has 2 atom stereocenters. The third kappa shape index (κ3) is 3.45. The van der Waals surface area contributed by atoms with E-state index in [-0.39, 0.29) is 29.7 Å². The Morgan fingerprint density at radius 2 is 2.16 bits per heavy atom. The predicted molar refractivity (Wildman–Crippen MR) is 91.0 cm³/mol. The van der Waals surface area contributed by atoms with Crippen LogP contribution >= 0.6 is 0 Å². The van der Waals surface area contributed by atoms with Crippen molar-refractivity contribution in [3.8, 4) is 5.88 Å². The molecule has 7 heteroatoms. The van der Waals surface area contributed by atoms with Gasteiger partial charge in [-0.25, -0.2) is 4.98 Å². The summed E-state index contributed by atoms with van der Waals surface area (Å²) >= 11 is 0. The highest BCUT2D eigenvalue weighted by Crippen LogP contribution is 2.36. The number of hydrogen-bond donors (Lipinski definition) is 1. The maximum Gasteiger partial charge on any atom is 0.256 e. The molecule has 25 heavy (non-hydrogen) atoms. The van der Waals surface area contributed by atoms with Gasteiger partial charge in [0.05, 0.1) is 13.2 Å². The van der Waals surface area contributed by atoms with E-state index >= 15 is 0 Å². The van der Waals surface area contributed by atoms with Crippen LogP contribution in [0.25, 0.3) is 0 Å². The first kappa shape index (κ1) is 16.9. The molecule has 2 amide bonds. The summed E-state index contributed by atoms with van der Waals surface area (Å²) in [4.78, 5) is 34.5. The molecule has 2 aromatic heterocycles. The molecule has 1 N–H and O–H groups in total. The van der Waals surface area contributed by atoms with Gasteiger partial charge < -0.3 is 15.0 Å². The molecule has 0 saturated carbocycles. The molecule has 3 heterocycles. The molecule has 0 bridgehead atoms. The number of amides is 2. The fourth-order valence-corrected chi connectivity index (χ4v) is 3.23. The van der Waals surface area contributed by atoms with E-state index in [9.17, 15) is 9.59 Å². The lowest BCUT2D eigenvalue weighted by molar-refractivity contribution is -0.127. The number of likely N-dealkylation sites (tertiary alicyclic amines) is 1. The van der Waals surface area contributed by atoms with Gasteiger partial charge >= 0.3 is 0 Å². The number of rotatable bonds is 5. The Morgan fingerprint density at radius 1 is 1.36 bits per heavy atom. The molecule has 0 radical (unpaired) electrons. The van der Waals surface area contributed by atoms with Gasteiger partial charge in [-0.3, -0.25) is 14.6 Å². The molecule has 0 spiro atoms. The van der Waals surface area contributed by atoms with Crippen molar-refractivity contribution in [2.24, 2.45) is 5.92 Å². The van der Waals surface area contributed by atoms with Crippen molar-refractivity contribution in [3.63, 3.8) is 0 Å². The number of hydrogen-bond acceptors (Lipinski definition) is 5. The van der Waals surface area contributed by atoms with Crippen LogP contribution in [0.1, 0.15) is 28.4 Å². The van der Waals surface area contributed by atoms with Gasteiger partial charge in [0.15, 0.2) is 0 Å². The van der Waals surface area contributed by atoms with Crippen molar-refractivity contribution in [2.75, 3.05) is 20.7 Å². The van der Waals surface area contributed by atoms with Crippen molar-refractivity contribution in [1.82, 2.24) is 20.2 Å². The summed E-state index contributed by atoms with van der Waals surface area (Å²) in [6.45, 7) is 0.381. The molecule has 1 saturated heterocycles. The minimum absolute atomic E-state index is 0.0201. The van der Waals surface area contributed by atoms with Crippen LogP contribution in [0, 0.1) is 5.92 Å². The zero-order valence-electron chi connectivity index (χ0n) is 14.2. The van der Waals surface area contributed by atoms with Crippen LogP contribution in [-0.4, -0.2) is 47.4 Å². The number of aromatic nitrogens is 2. The molecular formula is C18H20N4O3. The first-order valence-electron chi connectivity index (χ1n) is 8.04. The highest BCUT2D eigenvalue weighted by molar-refractivity contribution is 5.96. The third-order valence-electron chi connectivity index (χ3n) is 4.45. The number of ether oxygens (including phenoxy) is 1. The lowest BCUT2D eigenvalue weighted by atomic mass is 9.94. The van der Waals surface area contributed by atoms with Gasteiger partial charge in [-0.1, -0.05) is 6.07 Å². The number of nitrogens with one attached hydrogen (secondary N) is 1. The molecule has 1 aliphatic heterocycles. The molecule has 0 unspecified atom stereocenters. The second kappa shape index (κ2) is 7.29. The fraction of sp³-hybridized carbons (Fsp3) is 0.333. The standard InChI is InChI=1S/C18H20N4O3/c1-22-15(23)9-13(16(22)12-5-3-7-19-10-12)11-21-17(24)14-6-4-8-20-18(14)25-2/h3-8,10,13,16H,9,11H2,1-2H3,(H,21,24)/t13-,16-/m0/s1. The number of carbonyl (C=O) groups is 2. The summed E-state index contributed by atoms with van der Waals surface area (Å²) in [6.07, 6.45) is 5.42. The Morgan fingerprint density at radius 3 is 2.88 bits per heavy atom. The number of methoxy groups -OCH3 is 1. The Balaban J connectivity index is 1.73. The van der Waals surface area contributed by atoms with E-state index in [4.69, 9.17) is 4.74 Å². The molecule has 0 aromatic carbocycles. The second-order valence-corrected chi connectivity index (χ2v) is 5.97. The van der Waals surface area contributed by atoms with E-state index in [1.165, 1.54) is 7.11 Å². The van der Waals surface area contributed by atoms with E-state index < -0.39 is 0 Å². The van der Waals surface area contributed by atoms with Crippen LogP contribution in [0.3, 0.4) is 0 Å². The van der Waals surface area contributed by atoms with Crippen molar-refractivity contribution in [2.45, 2.75) is 12.5 Å². The van der Waals surface area contributed by atoms with Crippen LogP contribution in [0.4, 0.5) is 0 Å². The van der Waals surface area contributed by atoms with E-state index in [1.54, 1.807) is 42.7 Å². The largest absolute Gasteiger partial charge is 0.480 e. The molecule has 0 aliphatic carbocycles. The third-order valence-corrected chi connectivity index (χ3v) is 4.45. The first-order valence-corrected chi connectivity index (χ1v) is 8.04. The van der Waals surface area contributed by atoms with Crippen molar-refractivity contribution in [3.05, 3.63) is 54.0 Å². The molecule has 3 rings (SSSR count). The first-order chi connectivity index (χ1) is 12.1. The van der Waals surface area contributed by atoms with Gasteiger partial charge in [0, 0.05) is 44.5 Å². The van der Waals surface area contributed by atoms with Crippen molar-refractivity contribution < 1.29 is 14.3 Å². The molecule has 7 nitrogen and oxygen atoms in total. The van der Waals surface area contributed by atoms with Crippen LogP contribution in [0.15, 0.2) is 42.9 Å². The summed E-state index contributed by atoms with van der Waals surface area (Å²) in [7, 11) is 3.26. The summed E-state index contributed by atoms with van der Waals surface area (Å²) in [5.74, 6) is 0.0562. The Labute approximate surface area is 146 Å². The summed E-state index contributed by atoms with van der Waals surface area (Å²) in [5.41, 5.74) is 1.34. The van der Waals surface area contributed by atoms with Crippen molar-refractivity contribution in [1.29, 1.82) is 0 Å². The fourth-order valence-electron chi connectivity index (χ4n) is 3.23. The molecule has 2 aromatic rings. The monoisotopic (exact) mass is 340 g/mol. The molecule has 1 fully saturated rings. The van der Waals surface area contributed by atoms with Crippen molar-refractivity contribution >= 4 is 11.8 Å². The van der Waals surface area contributed by atoms with Gasteiger partial charge in [0.25, 0.3) is 5.91 Å². The van der Waals surface area contributed by atoms with E-state index in [2.05, 4.69) is 15.3 Å². The van der Waals surface area contributed by atoms with Crippen LogP contribution < -0.4 is 10.1 Å². The average Bonchev–Trinajstić information content (AvgIpc) is 2.94. The number of nitrogens with zero attached hydrogens (tertiary/aromatic N) is 3.